The summed E-state index contributed by atoms with van der Waals surface area (Å²) in [6, 6.07) is 2.04. The first kappa shape index (κ1) is 11.0. The van der Waals surface area contributed by atoms with Crippen molar-refractivity contribution in [2.24, 2.45) is 10.7 Å². The fraction of sp³-hybridized carbons (Fsp3) is 0.429. The lowest BCUT2D eigenvalue weighted by Crippen LogP contribution is -2.76. The molecule has 5 nitrogen and oxygen atoms in total. The van der Waals surface area contributed by atoms with Crippen LogP contribution in [-0.4, -0.2) is 26.8 Å². The zero-order chi connectivity index (χ0) is 13.3. The fourth-order valence-corrected chi connectivity index (χ4v) is 3.87. The summed E-state index contributed by atoms with van der Waals surface area (Å²) in [5.41, 5.74) is 9.70. The van der Waals surface area contributed by atoms with Gasteiger partial charge < -0.3 is 15.3 Å². The van der Waals surface area contributed by atoms with E-state index >= 15 is 0 Å². The van der Waals surface area contributed by atoms with Crippen molar-refractivity contribution in [2.45, 2.75) is 37.3 Å². The van der Waals surface area contributed by atoms with Crippen molar-refractivity contribution in [3.8, 4) is 11.3 Å². The summed E-state index contributed by atoms with van der Waals surface area (Å²) in [5.74, 6) is 0.805. The molecule has 2 bridgehead atoms. The molecule has 2 aromatic rings. The molecule has 5 heteroatoms. The Labute approximate surface area is 111 Å². The Morgan fingerprint density at radius 1 is 1.47 bits per heavy atom. The van der Waals surface area contributed by atoms with E-state index in [1.54, 1.807) is 0 Å². The monoisotopic (exact) mass is 255 g/mol. The minimum Gasteiger partial charge on any atom is -0.346 e. The number of H-pyrrole nitrogens is 1. The van der Waals surface area contributed by atoms with E-state index < -0.39 is 0 Å². The summed E-state index contributed by atoms with van der Waals surface area (Å²) in [6.45, 7) is 5.66. The van der Waals surface area contributed by atoms with Crippen LogP contribution in [0.4, 0.5) is 5.82 Å². The van der Waals surface area contributed by atoms with Gasteiger partial charge in [0.05, 0.1) is 23.3 Å². The molecule has 0 spiro atoms. The van der Waals surface area contributed by atoms with Gasteiger partial charge in [-0.05, 0) is 39.0 Å². The molecular weight excluding hydrogens is 238 g/mol. The van der Waals surface area contributed by atoms with Gasteiger partial charge in [0.15, 0.2) is 0 Å². The normalized spacial score (nSPS) is 31.7. The van der Waals surface area contributed by atoms with E-state index in [-0.39, 0.29) is 11.1 Å². The third kappa shape index (κ3) is 1.23. The van der Waals surface area contributed by atoms with E-state index in [2.05, 4.69) is 26.2 Å². The van der Waals surface area contributed by atoms with E-state index in [1.165, 1.54) is 0 Å². The molecule has 3 saturated carbocycles. The molecule has 3 aliphatic carbocycles. The number of hydrogen-bond acceptors (Lipinski definition) is 3. The minimum atomic E-state index is 0.0904. The highest BCUT2D eigenvalue weighted by molar-refractivity contribution is 5.74. The maximum atomic E-state index is 6.17. The van der Waals surface area contributed by atoms with Gasteiger partial charge in [-0.2, -0.15) is 0 Å². The number of rotatable bonds is 3. The van der Waals surface area contributed by atoms with Crippen LogP contribution in [0.5, 0.6) is 0 Å². The molecule has 0 atom stereocenters. The summed E-state index contributed by atoms with van der Waals surface area (Å²) < 4.78 is 2.30. The number of aromatic nitrogens is 3. The second-order valence-electron chi connectivity index (χ2n) is 6.06. The Balaban J connectivity index is 1.85. The molecule has 2 aromatic heterocycles. The van der Waals surface area contributed by atoms with E-state index in [0.717, 1.165) is 42.0 Å². The van der Waals surface area contributed by atoms with Gasteiger partial charge in [-0.15, -0.1) is 0 Å². The molecule has 3 N–H and O–H groups in total. The summed E-state index contributed by atoms with van der Waals surface area (Å²) in [7, 11) is 0. The maximum absolute atomic E-state index is 6.17. The molecule has 3 fully saturated rings. The lowest BCUT2D eigenvalue weighted by molar-refractivity contribution is -0.113. The van der Waals surface area contributed by atoms with Crippen LogP contribution in [0.3, 0.4) is 0 Å². The standard InChI is InChI=1S/C14H17N5/c1-9-11(10-3-4-17-12(10)16-2)19(8-18-9)14-5-13(15,6-14)7-14/h3-4,8,17H,2,5-7,15H2,1H3. The van der Waals surface area contributed by atoms with Crippen molar-refractivity contribution in [1.29, 1.82) is 0 Å². The molecule has 5 rings (SSSR count). The van der Waals surface area contributed by atoms with Gasteiger partial charge >= 0.3 is 0 Å². The molecule has 0 aromatic carbocycles. The van der Waals surface area contributed by atoms with Crippen LogP contribution < -0.4 is 5.73 Å². The highest BCUT2D eigenvalue weighted by atomic mass is 15.2. The van der Waals surface area contributed by atoms with Crippen LogP contribution in [-0.2, 0) is 5.54 Å². The third-order valence-electron chi connectivity index (χ3n) is 4.64. The topological polar surface area (TPSA) is 72.0 Å². The Morgan fingerprint density at radius 2 is 2.21 bits per heavy atom. The van der Waals surface area contributed by atoms with Gasteiger partial charge in [-0.1, -0.05) is 0 Å². The van der Waals surface area contributed by atoms with E-state index in [0.29, 0.717) is 0 Å². The summed E-state index contributed by atoms with van der Waals surface area (Å²) in [4.78, 5) is 11.7. The van der Waals surface area contributed by atoms with Crippen molar-refractivity contribution < 1.29 is 0 Å². The van der Waals surface area contributed by atoms with Gasteiger partial charge in [0, 0.05) is 17.3 Å². The zero-order valence-corrected chi connectivity index (χ0v) is 11.0. The second-order valence-corrected chi connectivity index (χ2v) is 6.06. The van der Waals surface area contributed by atoms with Crippen molar-refractivity contribution in [3.63, 3.8) is 0 Å². The molecule has 3 aliphatic rings. The lowest BCUT2D eigenvalue weighted by Gasteiger charge is -2.69. The lowest BCUT2D eigenvalue weighted by atomic mass is 9.44. The smallest absolute Gasteiger partial charge is 0.138 e. The predicted octanol–water partition coefficient (Wildman–Crippen LogP) is 2.11. The Morgan fingerprint density at radius 3 is 2.84 bits per heavy atom. The third-order valence-corrected chi connectivity index (χ3v) is 4.64. The highest BCUT2D eigenvalue weighted by Crippen LogP contribution is 2.64. The molecule has 98 valence electrons. The number of imidazole rings is 1. The van der Waals surface area contributed by atoms with Crippen LogP contribution in [0.1, 0.15) is 25.0 Å². The van der Waals surface area contributed by atoms with Crippen molar-refractivity contribution >= 4 is 12.5 Å². The Bertz CT molecular complexity index is 658. The van der Waals surface area contributed by atoms with Crippen molar-refractivity contribution in [2.75, 3.05) is 0 Å². The van der Waals surface area contributed by atoms with Crippen molar-refractivity contribution in [1.82, 2.24) is 14.5 Å². The fourth-order valence-electron chi connectivity index (χ4n) is 3.87. The summed E-state index contributed by atoms with van der Waals surface area (Å²) in [5, 5.41) is 0. The summed E-state index contributed by atoms with van der Waals surface area (Å²) in [6.07, 6.45) is 7.02. The first-order valence-corrected chi connectivity index (χ1v) is 6.55. The minimum absolute atomic E-state index is 0.0904. The molecule has 0 saturated heterocycles. The molecule has 0 amide bonds. The van der Waals surface area contributed by atoms with E-state index in [1.807, 2.05) is 25.5 Å². The second kappa shape index (κ2) is 3.17. The number of nitrogens with zero attached hydrogens (tertiary/aromatic N) is 3. The molecule has 19 heavy (non-hydrogen) atoms. The number of aryl methyl sites for hydroxylation is 1. The number of nitrogens with two attached hydrogens (primary N) is 1. The number of nitrogens with one attached hydrogen (secondary N) is 1. The quantitative estimate of drug-likeness (QED) is 0.824. The van der Waals surface area contributed by atoms with Crippen LogP contribution in [0.2, 0.25) is 0 Å². The van der Waals surface area contributed by atoms with Gasteiger partial charge in [-0.25, -0.2) is 9.98 Å². The molecule has 0 radical (unpaired) electrons. The summed E-state index contributed by atoms with van der Waals surface area (Å²) >= 11 is 0. The van der Waals surface area contributed by atoms with Crippen LogP contribution in [0.25, 0.3) is 11.3 Å². The Kier molecular flexibility index (Phi) is 1.83. The van der Waals surface area contributed by atoms with Crippen LogP contribution in [0.15, 0.2) is 23.6 Å². The number of aromatic amines is 1. The first-order valence-electron chi connectivity index (χ1n) is 6.55. The average Bonchev–Trinajstić information content (AvgIpc) is 2.89. The van der Waals surface area contributed by atoms with Gasteiger partial charge in [-0.3, -0.25) is 0 Å². The van der Waals surface area contributed by atoms with Gasteiger partial charge in [0.2, 0.25) is 0 Å². The molecule has 2 heterocycles. The zero-order valence-electron chi connectivity index (χ0n) is 11.0. The van der Waals surface area contributed by atoms with Gasteiger partial charge in [0.25, 0.3) is 0 Å². The van der Waals surface area contributed by atoms with Gasteiger partial charge in [0.1, 0.15) is 5.82 Å². The van der Waals surface area contributed by atoms with E-state index in [9.17, 15) is 0 Å². The maximum Gasteiger partial charge on any atom is 0.138 e. The number of hydrogen-bond donors (Lipinski definition) is 2. The van der Waals surface area contributed by atoms with Crippen molar-refractivity contribution in [3.05, 3.63) is 24.3 Å². The SMILES string of the molecule is C=Nc1[nH]ccc1-c1c(C)ncn1C12CC(N)(C1)C2. The Hall–Kier alpha value is -1.88. The molecular formula is C14H17N5. The van der Waals surface area contributed by atoms with E-state index in [4.69, 9.17) is 5.73 Å². The first-order chi connectivity index (χ1) is 9.07. The van der Waals surface area contributed by atoms with Crippen LogP contribution >= 0.6 is 0 Å². The molecule has 0 aliphatic heterocycles. The van der Waals surface area contributed by atoms with Crippen LogP contribution in [0, 0.1) is 6.92 Å². The predicted molar refractivity (Wildman–Crippen MR) is 74.7 cm³/mol. The molecule has 0 unspecified atom stereocenters. The largest absolute Gasteiger partial charge is 0.346 e. The number of aliphatic imine (C=N–C) groups is 1. The highest BCUT2D eigenvalue weighted by Gasteiger charge is 2.67. The average molecular weight is 255 g/mol.